The molecule has 4 N–H and O–H groups in total. The normalized spacial score (nSPS) is 13.0. The summed E-state index contributed by atoms with van der Waals surface area (Å²) in [6.45, 7) is 2.82. The quantitative estimate of drug-likeness (QED) is 0.366. The van der Waals surface area contributed by atoms with Crippen molar-refractivity contribution in [1.29, 1.82) is 0 Å². The predicted octanol–water partition coefficient (Wildman–Crippen LogP) is 3.18. The third-order valence-electron chi connectivity index (χ3n) is 4.75. The van der Waals surface area contributed by atoms with Gasteiger partial charge in [0.25, 0.3) is 0 Å². The standard InChI is InChI=1S/C21H28BrN7O3/c1-32-14-18(30)23-8-5-9-24-19-17(22)13-25-20(28-19)26-15-6-4-7-16(12-15)27-21(31)29-10-2-3-11-29/h4,6-7,12-13H,2-3,5,8-11,14H2,1H3,(H,23,30)(H,27,31)(H2,24,25,26,28). The Morgan fingerprint density at radius 1 is 1.19 bits per heavy atom. The largest absolute Gasteiger partial charge is 0.375 e. The molecule has 0 atom stereocenters. The van der Waals surface area contributed by atoms with E-state index in [2.05, 4.69) is 47.2 Å². The van der Waals surface area contributed by atoms with Gasteiger partial charge in [-0.3, -0.25) is 4.79 Å². The molecule has 0 spiro atoms. The number of urea groups is 1. The first-order valence-corrected chi connectivity index (χ1v) is 11.3. The number of hydrogen-bond donors (Lipinski definition) is 4. The summed E-state index contributed by atoms with van der Waals surface area (Å²) in [6.07, 6.45) is 4.49. The SMILES string of the molecule is COCC(=O)NCCCNc1nc(Nc2cccc(NC(=O)N3CCCC3)c2)ncc1Br. The number of carbonyl (C=O) groups excluding carboxylic acids is 2. The fourth-order valence-electron chi connectivity index (χ4n) is 3.18. The van der Waals surface area contributed by atoms with E-state index in [-0.39, 0.29) is 18.5 Å². The molecule has 10 nitrogen and oxygen atoms in total. The van der Waals surface area contributed by atoms with E-state index in [0.29, 0.717) is 30.5 Å². The van der Waals surface area contributed by atoms with Crippen molar-refractivity contribution in [3.05, 3.63) is 34.9 Å². The van der Waals surface area contributed by atoms with E-state index < -0.39 is 0 Å². The van der Waals surface area contributed by atoms with Gasteiger partial charge in [0.05, 0.1) is 4.47 Å². The molecule has 11 heteroatoms. The summed E-state index contributed by atoms with van der Waals surface area (Å²) in [5.74, 6) is 0.928. The lowest BCUT2D eigenvalue weighted by Gasteiger charge is -2.16. The van der Waals surface area contributed by atoms with Crippen LogP contribution in [0.1, 0.15) is 19.3 Å². The van der Waals surface area contributed by atoms with Crippen LogP contribution in [-0.4, -0.2) is 66.7 Å². The Kier molecular flexibility index (Phi) is 9.05. The second-order valence-electron chi connectivity index (χ2n) is 7.28. The van der Waals surface area contributed by atoms with Crippen molar-refractivity contribution >= 4 is 51.0 Å². The maximum atomic E-state index is 12.3. The topological polar surface area (TPSA) is 121 Å². The van der Waals surface area contributed by atoms with Gasteiger partial charge in [-0.1, -0.05) is 6.07 Å². The van der Waals surface area contributed by atoms with Gasteiger partial charge in [0.2, 0.25) is 11.9 Å². The van der Waals surface area contributed by atoms with Gasteiger partial charge in [0, 0.05) is 50.9 Å². The number of nitrogens with one attached hydrogen (secondary N) is 4. The van der Waals surface area contributed by atoms with Gasteiger partial charge in [-0.05, 0) is 53.4 Å². The molecule has 0 bridgehead atoms. The zero-order valence-electron chi connectivity index (χ0n) is 18.0. The highest BCUT2D eigenvalue weighted by atomic mass is 79.9. The number of nitrogens with zero attached hydrogens (tertiary/aromatic N) is 3. The Hall–Kier alpha value is -2.92. The molecule has 3 amide bonds. The van der Waals surface area contributed by atoms with E-state index in [1.807, 2.05) is 29.2 Å². The number of halogens is 1. The van der Waals surface area contributed by atoms with Crippen molar-refractivity contribution < 1.29 is 14.3 Å². The Bertz CT molecular complexity index is 922. The summed E-state index contributed by atoms with van der Waals surface area (Å²) in [5.41, 5.74) is 1.47. The smallest absolute Gasteiger partial charge is 0.321 e. The summed E-state index contributed by atoms with van der Waals surface area (Å²) >= 11 is 3.45. The molecule has 2 aromatic rings. The zero-order valence-corrected chi connectivity index (χ0v) is 19.6. The van der Waals surface area contributed by atoms with E-state index in [4.69, 9.17) is 4.74 Å². The van der Waals surface area contributed by atoms with Gasteiger partial charge in [0.15, 0.2) is 0 Å². The second kappa shape index (κ2) is 12.2. The summed E-state index contributed by atoms with van der Waals surface area (Å²) < 4.78 is 5.51. The molecule has 1 saturated heterocycles. The van der Waals surface area contributed by atoms with Crippen LogP contribution in [-0.2, 0) is 9.53 Å². The fraction of sp³-hybridized carbons (Fsp3) is 0.429. The van der Waals surface area contributed by atoms with Crippen LogP contribution in [0.15, 0.2) is 34.9 Å². The number of carbonyl (C=O) groups is 2. The third kappa shape index (κ3) is 7.34. The molecule has 1 fully saturated rings. The zero-order chi connectivity index (χ0) is 22.8. The maximum Gasteiger partial charge on any atom is 0.321 e. The molecule has 2 heterocycles. The lowest BCUT2D eigenvalue weighted by atomic mass is 10.3. The van der Waals surface area contributed by atoms with Crippen molar-refractivity contribution in [3.8, 4) is 0 Å². The van der Waals surface area contributed by atoms with Crippen LogP contribution in [0.2, 0.25) is 0 Å². The first kappa shape index (κ1) is 23.7. The summed E-state index contributed by atoms with van der Waals surface area (Å²) in [6, 6.07) is 7.35. The molecule has 172 valence electrons. The van der Waals surface area contributed by atoms with Gasteiger partial charge < -0.3 is 30.9 Å². The lowest BCUT2D eigenvalue weighted by Crippen LogP contribution is -2.32. The van der Waals surface area contributed by atoms with Gasteiger partial charge in [-0.2, -0.15) is 4.98 Å². The Balaban J connectivity index is 1.52. The molecule has 32 heavy (non-hydrogen) atoms. The van der Waals surface area contributed by atoms with Gasteiger partial charge in [-0.25, -0.2) is 9.78 Å². The molecule has 1 aromatic heterocycles. The van der Waals surface area contributed by atoms with E-state index in [9.17, 15) is 9.59 Å². The first-order valence-electron chi connectivity index (χ1n) is 10.5. The predicted molar refractivity (Wildman–Crippen MR) is 127 cm³/mol. The monoisotopic (exact) mass is 505 g/mol. The molecule has 1 aliphatic heterocycles. The first-order chi connectivity index (χ1) is 15.5. The molecular formula is C21H28BrN7O3. The second-order valence-corrected chi connectivity index (χ2v) is 8.14. The Labute approximate surface area is 195 Å². The van der Waals surface area contributed by atoms with Gasteiger partial charge in [0.1, 0.15) is 12.4 Å². The number of rotatable bonds is 10. The lowest BCUT2D eigenvalue weighted by molar-refractivity contribution is -0.124. The highest BCUT2D eigenvalue weighted by Crippen LogP contribution is 2.23. The highest BCUT2D eigenvalue weighted by Gasteiger charge is 2.17. The average molecular weight is 506 g/mol. The summed E-state index contributed by atoms with van der Waals surface area (Å²) in [5, 5.41) is 12.1. The highest BCUT2D eigenvalue weighted by molar-refractivity contribution is 9.10. The van der Waals surface area contributed by atoms with Crippen molar-refractivity contribution in [2.45, 2.75) is 19.3 Å². The van der Waals surface area contributed by atoms with Crippen LogP contribution in [0.4, 0.5) is 27.9 Å². The summed E-state index contributed by atoms with van der Waals surface area (Å²) in [7, 11) is 1.49. The van der Waals surface area contributed by atoms with Crippen molar-refractivity contribution in [2.24, 2.45) is 0 Å². The number of amides is 3. The molecule has 0 saturated carbocycles. The van der Waals surface area contributed by atoms with Crippen LogP contribution >= 0.6 is 15.9 Å². The van der Waals surface area contributed by atoms with Gasteiger partial charge >= 0.3 is 6.03 Å². The molecule has 1 aliphatic rings. The number of anilines is 4. The molecule has 3 rings (SSSR count). The van der Waals surface area contributed by atoms with Crippen LogP contribution in [0.3, 0.4) is 0 Å². The molecule has 1 aromatic carbocycles. The van der Waals surface area contributed by atoms with E-state index in [1.165, 1.54) is 7.11 Å². The fourth-order valence-corrected chi connectivity index (χ4v) is 3.51. The number of hydrogen-bond acceptors (Lipinski definition) is 7. The molecule has 0 radical (unpaired) electrons. The minimum atomic E-state index is -0.138. The van der Waals surface area contributed by atoms with Crippen LogP contribution in [0.5, 0.6) is 0 Å². The van der Waals surface area contributed by atoms with Crippen LogP contribution in [0, 0.1) is 0 Å². The van der Waals surface area contributed by atoms with Crippen molar-refractivity contribution in [1.82, 2.24) is 20.2 Å². The van der Waals surface area contributed by atoms with E-state index in [0.717, 1.165) is 42.5 Å². The van der Waals surface area contributed by atoms with E-state index in [1.54, 1.807) is 6.20 Å². The van der Waals surface area contributed by atoms with Gasteiger partial charge in [-0.15, -0.1) is 0 Å². The third-order valence-corrected chi connectivity index (χ3v) is 5.33. The molecular weight excluding hydrogens is 478 g/mol. The number of ether oxygens (including phenoxy) is 1. The van der Waals surface area contributed by atoms with Crippen LogP contribution < -0.4 is 21.3 Å². The summed E-state index contributed by atoms with van der Waals surface area (Å²) in [4.78, 5) is 34.3. The Morgan fingerprint density at radius 2 is 1.97 bits per heavy atom. The minimum Gasteiger partial charge on any atom is -0.375 e. The molecule has 0 aliphatic carbocycles. The number of aromatic nitrogens is 2. The number of methoxy groups -OCH3 is 1. The molecule has 0 unspecified atom stereocenters. The van der Waals surface area contributed by atoms with E-state index >= 15 is 0 Å². The maximum absolute atomic E-state index is 12.3. The number of likely N-dealkylation sites (tertiary alicyclic amines) is 1. The van der Waals surface area contributed by atoms with Crippen molar-refractivity contribution in [2.75, 3.05) is 55.8 Å². The number of benzene rings is 1. The average Bonchev–Trinajstić information content (AvgIpc) is 3.31. The minimum absolute atomic E-state index is 0.0586. The Morgan fingerprint density at radius 3 is 2.75 bits per heavy atom. The van der Waals surface area contributed by atoms with Crippen molar-refractivity contribution in [3.63, 3.8) is 0 Å². The van der Waals surface area contributed by atoms with Crippen LogP contribution in [0.25, 0.3) is 0 Å².